The highest BCUT2D eigenvalue weighted by Gasteiger charge is 2.20. The lowest BCUT2D eigenvalue weighted by molar-refractivity contribution is -0.900. The third kappa shape index (κ3) is 5.86. The molecule has 1 aromatic carbocycles. The summed E-state index contributed by atoms with van der Waals surface area (Å²) in [6.45, 7) is 7.22. The number of hydrogen-bond donors (Lipinski definition) is 3. The van der Waals surface area contributed by atoms with Crippen molar-refractivity contribution in [3.8, 4) is 0 Å². The van der Waals surface area contributed by atoms with Crippen molar-refractivity contribution in [3.63, 3.8) is 0 Å². The van der Waals surface area contributed by atoms with E-state index in [9.17, 15) is 13.2 Å². The predicted octanol–water partition coefficient (Wildman–Crippen LogP) is -1.31. The van der Waals surface area contributed by atoms with Crippen molar-refractivity contribution in [2.45, 2.75) is 24.8 Å². The van der Waals surface area contributed by atoms with E-state index in [1.54, 1.807) is 31.2 Å². The number of nitrogens with one attached hydrogen (secondary N) is 3. The van der Waals surface area contributed by atoms with E-state index >= 15 is 0 Å². The van der Waals surface area contributed by atoms with Crippen molar-refractivity contribution >= 4 is 15.9 Å². The Morgan fingerprint density at radius 1 is 1.25 bits per heavy atom. The van der Waals surface area contributed by atoms with Gasteiger partial charge >= 0.3 is 0 Å². The molecule has 1 aliphatic rings. The maximum atomic E-state index is 12.2. The summed E-state index contributed by atoms with van der Waals surface area (Å²) in [4.78, 5) is 13.4. The molecule has 0 spiro atoms. The van der Waals surface area contributed by atoms with Gasteiger partial charge in [-0.3, -0.25) is 4.79 Å². The molecule has 0 aromatic heterocycles. The molecule has 1 fully saturated rings. The zero-order chi connectivity index (χ0) is 17.6. The first-order chi connectivity index (χ1) is 11.4. The molecule has 24 heavy (non-hydrogen) atoms. The normalized spacial score (nSPS) is 17.4. The number of rotatable bonds is 7. The van der Waals surface area contributed by atoms with Gasteiger partial charge in [0.1, 0.15) is 13.1 Å². The Labute approximate surface area is 143 Å². The molecule has 0 radical (unpaired) electrons. The molecule has 7 nitrogen and oxygen atoms in total. The van der Waals surface area contributed by atoms with Crippen LogP contribution in [0.5, 0.6) is 0 Å². The Balaban J connectivity index is 1.78. The van der Waals surface area contributed by atoms with E-state index in [0.29, 0.717) is 19.8 Å². The van der Waals surface area contributed by atoms with E-state index in [2.05, 4.69) is 10.0 Å². The predicted molar refractivity (Wildman–Crippen MR) is 90.4 cm³/mol. The fourth-order valence-corrected chi connectivity index (χ4v) is 3.61. The molecular weight excluding hydrogens is 330 g/mol. The molecule has 2 rings (SSSR count). The van der Waals surface area contributed by atoms with Crippen molar-refractivity contribution in [2.75, 3.05) is 39.4 Å². The molecule has 1 aliphatic heterocycles. The summed E-state index contributed by atoms with van der Waals surface area (Å²) in [5.74, 6) is -0.0751. The van der Waals surface area contributed by atoms with Gasteiger partial charge in [-0.15, -0.1) is 0 Å². The standard InChI is InChI=1S/C16H25N3O4S/c1-13-3-5-15(6-4-13)24(21,22)17-11-14(2)18-16(20)12-19-7-9-23-10-8-19/h3-6,14,17H,7-12H2,1-2H3,(H,18,20)/p+1/t14-/m0/s1. The topological polar surface area (TPSA) is 88.9 Å². The van der Waals surface area contributed by atoms with E-state index < -0.39 is 10.0 Å². The number of ether oxygens (including phenoxy) is 1. The number of quaternary nitrogens is 1. The lowest BCUT2D eigenvalue weighted by Crippen LogP contribution is -3.15. The molecule has 1 saturated heterocycles. The van der Waals surface area contributed by atoms with Crippen molar-refractivity contribution in [1.82, 2.24) is 10.0 Å². The maximum absolute atomic E-state index is 12.2. The second kappa shape index (κ2) is 8.57. The molecule has 0 bridgehead atoms. The van der Waals surface area contributed by atoms with Crippen LogP contribution in [0.15, 0.2) is 29.2 Å². The Morgan fingerprint density at radius 3 is 2.50 bits per heavy atom. The van der Waals surface area contributed by atoms with Crippen LogP contribution in [-0.2, 0) is 19.6 Å². The monoisotopic (exact) mass is 356 g/mol. The van der Waals surface area contributed by atoms with Crippen LogP contribution in [0.4, 0.5) is 0 Å². The second-order valence-corrected chi connectivity index (χ2v) is 7.94. The van der Waals surface area contributed by atoms with E-state index in [0.717, 1.165) is 18.7 Å². The number of aryl methyl sites for hydroxylation is 1. The fraction of sp³-hybridized carbons (Fsp3) is 0.562. The number of carbonyl (C=O) groups is 1. The molecule has 3 N–H and O–H groups in total. The summed E-state index contributed by atoms with van der Waals surface area (Å²) in [6.07, 6.45) is 0. The van der Waals surface area contributed by atoms with E-state index in [1.807, 2.05) is 6.92 Å². The van der Waals surface area contributed by atoms with Gasteiger partial charge in [0.15, 0.2) is 6.54 Å². The van der Waals surface area contributed by atoms with Crippen LogP contribution in [0, 0.1) is 6.92 Å². The minimum atomic E-state index is -3.56. The van der Waals surface area contributed by atoms with Crippen LogP contribution < -0.4 is 14.9 Å². The van der Waals surface area contributed by atoms with Crippen LogP contribution >= 0.6 is 0 Å². The van der Waals surface area contributed by atoms with Crippen molar-refractivity contribution in [2.24, 2.45) is 0 Å². The van der Waals surface area contributed by atoms with E-state index in [-0.39, 0.29) is 23.4 Å². The number of amides is 1. The average Bonchev–Trinajstić information content (AvgIpc) is 2.54. The Hall–Kier alpha value is -1.48. The maximum Gasteiger partial charge on any atom is 0.275 e. The first-order valence-electron chi connectivity index (χ1n) is 8.14. The number of benzene rings is 1. The van der Waals surface area contributed by atoms with Gasteiger partial charge < -0.3 is 15.0 Å². The molecule has 0 saturated carbocycles. The third-order valence-corrected chi connectivity index (χ3v) is 5.37. The Morgan fingerprint density at radius 2 is 1.88 bits per heavy atom. The van der Waals surface area contributed by atoms with E-state index in [4.69, 9.17) is 4.74 Å². The summed E-state index contributed by atoms with van der Waals surface area (Å²) < 4.78 is 32.2. The van der Waals surface area contributed by atoms with Crippen molar-refractivity contribution in [3.05, 3.63) is 29.8 Å². The van der Waals surface area contributed by atoms with Crippen LogP contribution in [-0.4, -0.2) is 59.8 Å². The SMILES string of the molecule is Cc1ccc(S(=O)(=O)NC[C@H](C)NC(=O)C[NH+]2CCOCC2)cc1. The van der Waals surface area contributed by atoms with Crippen LogP contribution in [0.1, 0.15) is 12.5 Å². The molecular formula is C16H26N3O4S+. The number of morpholine rings is 1. The summed E-state index contributed by atoms with van der Waals surface area (Å²) >= 11 is 0. The summed E-state index contributed by atoms with van der Waals surface area (Å²) in [5.41, 5.74) is 1.00. The first kappa shape index (κ1) is 18.9. The molecule has 1 amide bonds. The van der Waals surface area contributed by atoms with Gasteiger partial charge in [0.2, 0.25) is 10.0 Å². The van der Waals surface area contributed by atoms with Crippen LogP contribution in [0.3, 0.4) is 0 Å². The highest BCUT2D eigenvalue weighted by molar-refractivity contribution is 7.89. The largest absolute Gasteiger partial charge is 0.370 e. The summed E-state index contributed by atoms with van der Waals surface area (Å²) in [6, 6.07) is 6.37. The number of sulfonamides is 1. The second-order valence-electron chi connectivity index (χ2n) is 6.17. The third-order valence-electron chi connectivity index (χ3n) is 3.93. The average molecular weight is 356 g/mol. The zero-order valence-corrected chi connectivity index (χ0v) is 15.0. The molecule has 1 heterocycles. The van der Waals surface area contributed by atoms with Gasteiger partial charge in [0.05, 0.1) is 18.1 Å². The summed E-state index contributed by atoms with van der Waals surface area (Å²) in [5, 5.41) is 2.83. The van der Waals surface area contributed by atoms with Crippen molar-refractivity contribution in [1.29, 1.82) is 0 Å². The number of hydrogen-bond acceptors (Lipinski definition) is 4. The quantitative estimate of drug-likeness (QED) is 0.566. The molecule has 1 aromatic rings. The Bertz CT molecular complexity index is 640. The van der Waals surface area contributed by atoms with E-state index in [1.165, 1.54) is 4.90 Å². The molecule has 8 heteroatoms. The lowest BCUT2D eigenvalue weighted by atomic mass is 10.2. The van der Waals surface area contributed by atoms with Gasteiger partial charge in [0.25, 0.3) is 5.91 Å². The van der Waals surface area contributed by atoms with Crippen molar-refractivity contribution < 1.29 is 22.8 Å². The van der Waals surface area contributed by atoms with Gasteiger partial charge in [0, 0.05) is 12.6 Å². The first-order valence-corrected chi connectivity index (χ1v) is 9.62. The smallest absolute Gasteiger partial charge is 0.275 e. The highest BCUT2D eigenvalue weighted by atomic mass is 32.2. The highest BCUT2D eigenvalue weighted by Crippen LogP contribution is 2.09. The molecule has 0 aliphatic carbocycles. The van der Waals surface area contributed by atoms with Gasteiger partial charge in [-0.2, -0.15) is 0 Å². The van der Waals surface area contributed by atoms with Gasteiger partial charge in [-0.25, -0.2) is 13.1 Å². The molecule has 1 atom stereocenters. The van der Waals surface area contributed by atoms with Crippen LogP contribution in [0.2, 0.25) is 0 Å². The van der Waals surface area contributed by atoms with Gasteiger partial charge in [-0.05, 0) is 26.0 Å². The fourth-order valence-electron chi connectivity index (χ4n) is 2.48. The van der Waals surface area contributed by atoms with Gasteiger partial charge in [-0.1, -0.05) is 17.7 Å². The molecule has 0 unspecified atom stereocenters. The zero-order valence-electron chi connectivity index (χ0n) is 14.2. The minimum Gasteiger partial charge on any atom is -0.370 e. The minimum absolute atomic E-state index is 0.0751. The Kier molecular flexibility index (Phi) is 6.73. The lowest BCUT2D eigenvalue weighted by Gasteiger charge is -2.24. The summed E-state index contributed by atoms with van der Waals surface area (Å²) in [7, 11) is -3.56. The number of carbonyl (C=O) groups excluding carboxylic acids is 1. The van der Waals surface area contributed by atoms with Crippen LogP contribution in [0.25, 0.3) is 0 Å². The molecule has 134 valence electrons.